The summed E-state index contributed by atoms with van der Waals surface area (Å²) in [5.41, 5.74) is 4.96. The Kier molecular flexibility index (Phi) is 3.91. The molecule has 0 aliphatic rings. The van der Waals surface area contributed by atoms with Gasteiger partial charge < -0.3 is 0 Å². The molecule has 0 bridgehead atoms. The number of nitrogens with zero attached hydrogens (tertiary/aromatic N) is 1. The standard InChI is InChI=1S/C15H12N2O2/c16-10-12-2-1-3-14(8-12)13-6-4-11(5-7-13)9-15(18)17-19/h1-8,19H,9H2,(H,17,18). The number of amides is 1. The van der Waals surface area contributed by atoms with Crippen molar-refractivity contribution in [2.75, 3.05) is 0 Å². The van der Waals surface area contributed by atoms with E-state index in [2.05, 4.69) is 6.07 Å². The van der Waals surface area contributed by atoms with Gasteiger partial charge in [-0.2, -0.15) is 5.26 Å². The molecule has 2 aromatic carbocycles. The molecule has 2 aromatic rings. The van der Waals surface area contributed by atoms with Gasteiger partial charge in [-0.05, 0) is 28.8 Å². The van der Waals surface area contributed by atoms with Gasteiger partial charge in [-0.3, -0.25) is 10.0 Å². The molecular formula is C15H12N2O2. The van der Waals surface area contributed by atoms with Crippen LogP contribution in [0.1, 0.15) is 11.1 Å². The number of hydrogen-bond donors (Lipinski definition) is 2. The average Bonchev–Trinajstić information content (AvgIpc) is 2.48. The van der Waals surface area contributed by atoms with E-state index in [1.165, 1.54) is 0 Å². The van der Waals surface area contributed by atoms with Crippen LogP contribution in [0.5, 0.6) is 0 Å². The van der Waals surface area contributed by atoms with Gasteiger partial charge in [0.25, 0.3) is 0 Å². The van der Waals surface area contributed by atoms with Crippen molar-refractivity contribution in [1.29, 1.82) is 5.26 Å². The number of benzene rings is 2. The second kappa shape index (κ2) is 5.80. The molecule has 0 aliphatic heterocycles. The Bertz CT molecular complexity index is 627. The first-order valence-electron chi connectivity index (χ1n) is 5.75. The third-order valence-electron chi connectivity index (χ3n) is 2.77. The predicted molar refractivity (Wildman–Crippen MR) is 70.2 cm³/mol. The lowest BCUT2D eigenvalue weighted by Gasteiger charge is -2.04. The summed E-state index contributed by atoms with van der Waals surface area (Å²) in [5, 5.41) is 17.3. The molecule has 0 aromatic heterocycles. The van der Waals surface area contributed by atoms with Gasteiger partial charge in [0.05, 0.1) is 18.1 Å². The first-order valence-corrected chi connectivity index (χ1v) is 5.75. The smallest absolute Gasteiger partial charge is 0.247 e. The fraction of sp³-hybridized carbons (Fsp3) is 0.0667. The lowest BCUT2D eigenvalue weighted by atomic mass is 10.0. The highest BCUT2D eigenvalue weighted by atomic mass is 16.5. The van der Waals surface area contributed by atoms with Crippen LogP contribution in [-0.2, 0) is 11.2 Å². The number of hydrogen-bond acceptors (Lipinski definition) is 3. The van der Waals surface area contributed by atoms with E-state index < -0.39 is 5.91 Å². The van der Waals surface area contributed by atoms with Crippen LogP contribution in [0.3, 0.4) is 0 Å². The third kappa shape index (κ3) is 3.18. The second-order valence-corrected chi connectivity index (χ2v) is 4.10. The molecular weight excluding hydrogens is 240 g/mol. The zero-order valence-corrected chi connectivity index (χ0v) is 10.1. The minimum atomic E-state index is -0.445. The molecule has 1 amide bonds. The van der Waals surface area contributed by atoms with Crippen LogP contribution in [0.4, 0.5) is 0 Å². The molecule has 4 nitrogen and oxygen atoms in total. The van der Waals surface area contributed by atoms with E-state index in [1.54, 1.807) is 11.5 Å². The van der Waals surface area contributed by atoms with Gasteiger partial charge in [-0.25, -0.2) is 5.48 Å². The molecule has 0 saturated heterocycles. The maximum Gasteiger partial charge on any atom is 0.247 e. The first kappa shape index (κ1) is 12.8. The SMILES string of the molecule is N#Cc1cccc(-c2ccc(CC(=O)NO)cc2)c1. The Morgan fingerprint density at radius 1 is 1.16 bits per heavy atom. The van der Waals surface area contributed by atoms with Crippen LogP contribution < -0.4 is 5.48 Å². The van der Waals surface area contributed by atoms with E-state index >= 15 is 0 Å². The van der Waals surface area contributed by atoms with Crippen molar-refractivity contribution in [1.82, 2.24) is 5.48 Å². The lowest BCUT2D eigenvalue weighted by Crippen LogP contribution is -2.20. The zero-order chi connectivity index (χ0) is 13.7. The molecule has 0 spiro atoms. The van der Waals surface area contributed by atoms with E-state index in [4.69, 9.17) is 10.5 Å². The monoisotopic (exact) mass is 252 g/mol. The molecule has 2 rings (SSSR count). The van der Waals surface area contributed by atoms with Crippen molar-refractivity contribution >= 4 is 5.91 Å². The molecule has 19 heavy (non-hydrogen) atoms. The molecule has 0 atom stereocenters. The van der Waals surface area contributed by atoms with Crippen molar-refractivity contribution in [3.05, 3.63) is 59.7 Å². The highest BCUT2D eigenvalue weighted by Gasteiger charge is 2.03. The van der Waals surface area contributed by atoms with Crippen molar-refractivity contribution in [3.8, 4) is 17.2 Å². The van der Waals surface area contributed by atoms with E-state index in [1.807, 2.05) is 42.5 Å². The van der Waals surface area contributed by atoms with Crippen molar-refractivity contribution in [3.63, 3.8) is 0 Å². The highest BCUT2D eigenvalue weighted by molar-refractivity contribution is 5.77. The molecule has 2 N–H and O–H groups in total. The summed E-state index contributed by atoms with van der Waals surface area (Å²) in [6.45, 7) is 0. The minimum Gasteiger partial charge on any atom is -0.289 e. The maximum atomic E-state index is 11.0. The highest BCUT2D eigenvalue weighted by Crippen LogP contribution is 2.20. The number of carbonyl (C=O) groups is 1. The van der Waals surface area contributed by atoms with Crippen LogP contribution in [0.2, 0.25) is 0 Å². The van der Waals surface area contributed by atoms with Gasteiger partial charge in [-0.1, -0.05) is 36.4 Å². The summed E-state index contributed by atoms with van der Waals surface area (Å²) >= 11 is 0. The first-order chi connectivity index (χ1) is 9.22. The number of rotatable bonds is 3. The summed E-state index contributed by atoms with van der Waals surface area (Å²) in [4.78, 5) is 11.0. The summed E-state index contributed by atoms with van der Waals surface area (Å²) in [6, 6.07) is 16.8. The van der Waals surface area contributed by atoms with Crippen LogP contribution >= 0.6 is 0 Å². The number of nitriles is 1. The van der Waals surface area contributed by atoms with Gasteiger partial charge in [0.2, 0.25) is 5.91 Å². The molecule has 0 heterocycles. The van der Waals surface area contributed by atoms with Gasteiger partial charge in [0.1, 0.15) is 0 Å². The van der Waals surface area contributed by atoms with E-state index in [0.29, 0.717) is 5.56 Å². The summed E-state index contributed by atoms with van der Waals surface area (Å²) in [5.74, 6) is -0.445. The topological polar surface area (TPSA) is 73.1 Å². The molecule has 0 saturated carbocycles. The lowest BCUT2D eigenvalue weighted by molar-refractivity contribution is -0.128. The average molecular weight is 252 g/mol. The van der Waals surface area contributed by atoms with Crippen LogP contribution in [0.15, 0.2) is 48.5 Å². The van der Waals surface area contributed by atoms with E-state index in [9.17, 15) is 4.79 Å². The number of hydroxylamine groups is 1. The zero-order valence-electron chi connectivity index (χ0n) is 10.1. The minimum absolute atomic E-state index is 0.134. The molecule has 4 heteroatoms. The molecule has 0 fully saturated rings. The van der Waals surface area contributed by atoms with Gasteiger partial charge >= 0.3 is 0 Å². The Labute approximate surface area is 110 Å². The summed E-state index contributed by atoms with van der Waals surface area (Å²) in [6.07, 6.45) is 0.134. The Morgan fingerprint density at radius 2 is 1.89 bits per heavy atom. The van der Waals surface area contributed by atoms with E-state index in [-0.39, 0.29) is 6.42 Å². The summed E-state index contributed by atoms with van der Waals surface area (Å²) in [7, 11) is 0. The van der Waals surface area contributed by atoms with Crippen molar-refractivity contribution in [2.45, 2.75) is 6.42 Å². The van der Waals surface area contributed by atoms with Crippen LogP contribution in [0, 0.1) is 11.3 Å². The fourth-order valence-electron chi connectivity index (χ4n) is 1.81. The molecule has 0 radical (unpaired) electrons. The fourth-order valence-corrected chi connectivity index (χ4v) is 1.81. The van der Waals surface area contributed by atoms with Crippen molar-refractivity contribution < 1.29 is 10.0 Å². The van der Waals surface area contributed by atoms with Crippen LogP contribution in [-0.4, -0.2) is 11.1 Å². The van der Waals surface area contributed by atoms with Crippen LogP contribution in [0.25, 0.3) is 11.1 Å². The second-order valence-electron chi connectivity index (χ2n) is 4.10. The van der Waals surface area contributed by atoms with E-state index in [0.717, 1.165) is 16.7 Å². The Morgan fingerprint density at radius 3 is 2.53 bits per heavy atom. The Balaban J connectivity index is 2.22. The largest absolute Gasteiger partial charge is 0.289 e. The number of carbonyl (C=O) groups excluding carboxylic acids is 1. The normalized spacial score (nSPS) is 9.68. The molecule has 0 aliphatic carbocycles. The maximum absolute atomic E-state index is 11.0. The quantitative estimate of drug-likeness (QED) is 0.650. The third-order valence-corrected chi connectivity index (χ3v) is 2.77. The van der Waals surface area contributed by atoms with Crippen molar-refractivity contribution in [2.24, 2.45) is 0 Å². The molecule has 94 valence electrons. The van der Waals surface area contributed by atoms with Gasteiger partial charge in [-0.15, -0.1) is 0 Å². The summed E-state index contributed by atoms with van der Waals surface area (Å²) < 4.78 is 0. The Hall–Kier alpha value is -2.64. The predicted octanol–water partition coefficient (Wildman–Crippen LogP) is 2.27. The molecule has 0 unspecified atom stereocenters. The number of nitrogens with one attached hydrogen (secondary N) is 1. The van der Waals surface area contributed by atoms with Gasteiger partial charge in [0.15, 0.2) is 0 Å². The van der Waals surface area contributed by atoms with Gasteiger partial charge in [0, 0.05) is 0 Å².